The van der Waals surface area contributed by atoms with E-state index >= 15 is 0 Å². The summed E-state index contributed by atoms with van der Waals surface area (Å²) < 4.78 is 0. The first-order valence-corrected chi connectivity index (χ1v) is 8.48. The number of hydrogen-bond donors (Lipinski definition) is 3. The van der Waals surface area contributed by atoms with Gasteiger partial charge < -0.3 is 0 Å². The molecule has 0 bridgehead atoms. The number of aryl methyl sites for hydroxylation is 1. The van der Waals surface area contributed by atoms with Crippen LogP contribution < -0.4 is 16.2 Å². The summed E-state index contributed by atoms with van der Waals surface area (Å²) in [6, 6.07) is 11.5. The van der Waals surface area contributed by atoms with Gasteiger partial charge in [-0.25, -0.2) is 0 Å². The second kappa shape index (κ2) is 8.95. The van der Waals surface area contributed by atoms with Gasteiger partial charge >= 0.3 is 0 Å². The van der Waals surface area contributed by atoms with Gasteiger partial charge in [0.2, 0.25) is 11.8 Å². The maximum Gasteiger partial charge on any atom is 0.250 e. The monoisotopic (exact) mass is 359 g/mol. The minimum Gasteiger partial charge on any atom is -0.298 e. The Bertz CT molecular complexity index is 738. The van der Waals surface area contributed by atoms with Crippen molar-refractivity contribution in [2.24, 2.45) is 0 Å². The van der Waals surface area contributed by atoms with Crippen LogP contribution in [0.4, 0.5) is 0 Å². The molecule has 0 saturated carbocycles. The summed E-state index contributed by atoms with van der Waals surface area (Å²) >= 11 is 6.46. The first-order valence-electron chi connectivity index (χ1n) is 7.20. The molecule has 0 atom stereocenters. The normalized spacial score (nSPS) is 10.4. The van der Waals surface area contributed by atoms with Crippen LogP contribution in [0, 0.1) is 6.92 Å². The highest BCUT2D eigenvalue weighted by Crippen LogP contribution is 2.08. The van der Waals surface area contributed by atoms with E-state index in [4.69, 9.17) is 12.2 Å². The van der Waals surface area contributed by atoms with Crippen molar-refractivity contribution in [3.63, 3.8) is 0 Å². The highest BCUT2D eigenvalue weighted by Gasteiger charge is 2.05. The van der Waals surface area contributed by atoms with Gasteiger partial charge in [0.05, 0.1) is 6.42 Å². The van der Waals surface area contributed by atoms with E-state index in [0.29, 0.717) is 0 Å². The molecule has 0 spiro atoms. The Hall–Kier alpha value is -2.51. The number of thiocarbonyl (C=S) groups is 1. The average molecular weight is 359 g/mol. The quantitative estimate of drug-likeness (QED) is 0.445. The van der Waals surface area contributed by atoms with E-state index in [1.54, 1.807) is 6.08 Å². The van der Waals surface area contributed by atoms with Crippen LogP contribution in [-0.2, 0) is 16.0 Å². The van der Waals surface area contributed by atoms with Gasteiger partial charge in [-0.3, -0.25) is 25.8 Å². The van der Waals surface area contributed by atoms with E-state index in [1.807, 2.05) is 48.7 Å². The molecule has 0 aliphatic rings. The molecule has 0 saturated heterocycles. The van der Waals surface area contributed by atoms with E-state index in [2.05, 4.69) is 16.2 Å². The molecule has 3 N–H and O–H groups in total. The van der Waals surface area contributed by atoms with Crippen molar-refractivity contribution in [1.82, 2.24) is 16.2 Å². The summed E-state index contributed by atoms with van der Waals surface area (Å²) in [7, 11) is 0. The number of rotatable bonds is 4. The lowest BCUT2D eigenvalue weighted by Crippen LogP contribution is -2.48. The van der Waals surface area contributed by atoms with Gasteiger partial charge in [0.15, 0.2) is 5.11 Å². The Labute approximate surface area is 149 Å². The Kier molecular flexibility index (Phi) is 6.65. The van der Waals surface area contributed by atoms with Crippen molar-refractivity contribution in [3.05, 3.63) is 63.9 Å². The fourth-order valence-electron chi connectivity index (χ4n) is 1.78. The molecule has 0 fully saturated rings. The molecule has 2 amide bonds. The van der Waals surface area contributed by atoms with Crippen molar-refractivity contribution in [2.45, 2.75) is 13.3 Å². The molecule has 0 unspecified atom stereocenters. The lowest BCUT2D eigenvalue weighted by molar-refractivity contribution is -0.121. The fourth-order valence-corrected chi connectivity index (χ4v) is 2.63. The number of carbonyl (C=O) groups excluding carboxylic acids is 2. The molecule has 2 aromatic rings. The lowest BCUT2D eigenvalue weighted by atomic mass is 10.1. The number of hydrogen-bond acceptors (Lipinski definition) is 4. The number of benzene rings is 1. The first kappa shape index (κ1) is 17.8. The van der Waals surface area contributed by atoms with Gasteiger partial charge in [-0.2, -0.15) is 0 Å². The van der Waals surface area contributed by atoms with Crippen LogP contribution in [-0.4, -0.2) is 16.9 Å². The van der Waals surface area contributed by atoms with Crippen molar-refractivity contribution in [3.8, 4) is 0 Å². The van der Waals surface area contributed by atoms with Crippen molar-refractivity contribution in [1.29, 1.82) is 0 Å². The summed E-state index contributed by atoms with van der Waals surface area (Å²) in [5.41, 5.74) is 7.01. The first-order chi connectivity index (χ1) is 11.5. The number of carbonyl (C=O) groups is 2. The van der Waals surface area contributed by atoms with Crippen LogP contribution in [0.1, 0.15) is 16.0 Å². The maximum absolute atomic E-state index is 11.8. The van der Waals surface area contributed by atoms with Crippen molar-refractivity contribution < 1.29 is 9.59 Å². The number of amides is 2. The molecule has 1 aromatic carbocycles. The summed E-state index contributed by atoms with van der Waals surface area (Å²) in [6.45, 7) is 2.00. The fraction of sp³-hybridized carbons (Fsp3) is 0.118. The summed E-state index contributed by atoms with van der Waals surface area (Å²) in [5.74, 6) is -0.607. The van der Waals surface area contributed by atoms with Gasteiger partial charge in [0.1, 0.15) is 0 Å². The second-order valence-corrected chi connectivity index (χ2v) is 6.43. The highest BCUT2D eigenvalue weighted by atomic mass is 32.1. The molecule has 1 heterocycles. The molecule has 0 radical (unpaired) electrons. The topological polar surface area (TPSA) is 70.2 Å². The molecule has 0 aliphatic carbocycles. The average Bonchev–Trinajstić information content (AvgIpc) is 3.05. The molecule has 1 aromatic heterocycles. The number of hydrazine groups is 1. The lowest BCUT2D eigenvalue weighted by Gasteiger charge is -2.09. The zero-order chi connectivity index (χ0) is 17.4. The molecule has 24 heavy (non-hydrogen) atoms. The molecule has 7 heteroatoms. The predicted octanol–water partition coefficient (Wildman–Crippen LogP) is 2.33. The zero-order valence-corrected chi connectivity index (χ0v) is 14.7. The third kappa shape index (κ3) is 6.31. The third-order valence-corrected chi connectivity index (χ3v) is 4.05. The number of thiophene rings is 1. The van der Waals surface area contributed by atoms with E-state index in [0.717, 1.165) is 16.0 Å². The van der Waals surface area contributed by atoms with Crippen LogP contribution in [0.5, 0.6) is 0 Å². The van der Waals surface area contributed by atoms with Gasteiger partial charge in [0, 0.05) is 11.0 Å². The highest BCUT2D eigenvalue weighted by molar-refractivity contribution is 7.80. The van der Waals surface area contributed by atoms with Gasteiger partial charge in [-0.05, 0) is 42.2 Å². The van der Waals surface area contributed by atoms with Crippen LogP contribution in [0.25, 0.3) is 6.08 Å². The van der Waals surface area contributed by atoms with E-state index in [9.17, 15) is 9.59 Å². The molecular weight excluding hydrogens is 342 g/mol. The summed E-state index contributed by atoms with van der Waals surface area (Å²) in [6.07, 6.45) is 3.33. The van der Waals surface area contributed by atoms with Crippen LogP contribution in [0.15, 0.2) is 47.9 Å². The molecule has 5 nitrogen and oxygen atoms in total. The standard InChI is InChI=1S/C17H17N3O2S2/c1-12-4-6-13(7-5-12)8-9-15(21)18-17(23)20-19-16(22)11-14-3-2-10-24-14/h2-10H,11H2,1H3,(H,19,22)(H2,18,20,21,23). The minimum absolute atomic E-state index is 0.0353. The molecular formula is C17H17N3O2S2. The Morgan fingerprint density at radius 3 is 2.58 bits per heavy atom. The molecule has 2 rings (SSSR count). The van der Waals surface area contributed by atoms with Crippen molar-refractivity contribution >= 4 is 46.6 Å². The summed E-state index contributed by atoms with van der Waals surface area (Å²) in [5, 5.41) is 4.40. The van der Waals surface area contributed by atoms with E-state index < -0.39 is 0 Å². The van der Waals surface area contributed by atoms with E-state index in [1.165, 1.54) is 17.4 Å². The SMILES string of the molecule is Cc1ccc(C=CC(=O)NC(=S)NNC(=O)Cc2cccs2)cc1. The predicted molar refractivity (Wildman–Crippen MR) is 100 cm³/mol. The minimum atomic E-state index is -0.374. The second-order valence-electron chi connectivity index (χ2n) is 4.99. The Balaban J connectivity index is 1.72. The van der Waals surface area contributed by atoms with Crippen LogP contribution in [0.3, 0.4) is 0 Å². The van der Waals surface area contributed by atoms with Gasteiger partial charge in [-0.15, -0.1) is 11.3 Å². The molecule has 0 aliphatic heterocycles. The largest absolute Gasteiger partial charge is 0.298 e. The van der Waals surface area contributed by atoms with Crippen LogP contribution >= 0.6 is 23.6 Å². The third-order valence-electron chi connectivity index (χ3n) is 2.97. The zero-order valence-electron chi connectivity index (χ0n) is 13.0. The van der Waals surface area contributed by atoms with E-state index in [-0.39, 0.29) is 23.3 Å². The Morgan fingerprint density at radius 2 is 1.92 bits per heavy atom. The van der Waals surface area contributed by atoms with Gasteiger partial charge in [-0.1, -0.05) is 35.9 Å². The van der Waals surface area contributed by atoms with Crippen LogP contribution in [0.2, 0.25) is 0 Å². The number of nitrogens with one attached hydrogen (secondary N) is 3. The van der Waals surface area contributed by atoms with Crippen molar-refractivity contribution in [2.75, 3.05) is 0 Å². The Morgan fingerprint density at radius 1 is 1.17 bits per heavy atom. The smallest absolute Gasteiger partial charge is 0.250 e. The summed E-state index contributed by atoms with van der Waals surface area (Å²) in [4.78, 5) is 24.4. The maximum atomic E-state index is 11.8. The van der Waals surface area contributed by atoms with Gasteiger partial charge in [0.25, 0.3) is 0 Å². The molecule has 124 valence electrons.